The molecule has 5 heteroatoms. The molecule has 0 saturated carbocycles. The SMILES string of the molecule is COc1ccc(CCN2CCC3(CC2)CN(c2ccccc2)C(=O)CO3)cc1. The number of nitrogens with zero attached hydrogens (tertiary/aromatic N) is 2. The number of piperidine rings is 1. The number of hydrogen-bond donors (Lipinski definition) is 0. The van der Waals surface area contributed by atoms with Gasteiger partial charge in [0.15, 0.2) is 0 Å². The fourth-order valence-corrected chi connectivity index (χ4v) is 4.12. The summed E-state index contributed by atoms with van der Waals surface area (Å²) in [4.78, 5) is 16.8. The van der Waals surface area contributed by atoms with Crippen molar-refractivity contribution in [3.63, 3.8) is 0 Å². The summed E-state index contributed by atoms with van der Waals surface area (Å²) in [5, 5.41) is 0. The number of para-hydroxylation sites is 1. The summed E-state index contributed by atoms with van der Waals surface area (Å²) in [6, 6.07) is 18.2. The van der Waals surface area contributed by atoms with Crippen LogP contribution in [0, 0.1) is 0 Å². The molecule has 0 aliphatic carbocycles. The minimum absolute atomic E-state index is 0.0544. The standard InChI is InChI=1S/C23H28N2O3/c1-27-21-9-7-19(8-10-21)11-14-24-15-12-23(13-16-24)18-25(22(26)17-28-23)20-5-3-2-4-6-20/h2-10H,11-18H2,1H3. The lowest BCUT2D eigenvalue weighted by atomic mass is 9.89. The van der Waals surface area contributed by atoms with E-state index in [1.807, 2.05) is 47.4 Å². The lowest BCUT2D eigenvalue weighted by molar-refractivity contribution is -0.144. The summed E-state index contributed by atoms with van der Waals surface area (Å²) in [7, 11) is 1.69. The molecule has 4 rings (SSSR count). The highest BCUT2D eigenvalue weighted by Gasteiger charge is 2.42. The van der Waals surface area contributed by atoms with E-state index in [-0.39, 0.29) is 18.1 Å². The fourth-order valence-electron chi connectivity index (χ4n) is 4.12. The lowest BCUT2D eigenvalue weighted by Crippen LogP contribution is -2.59. The molecule has 0 unspecified atom stereocenters. The second-order valence-electron chi connectivity index (χ2n) is 7.73. The normalized spacial score (nSPS) is 19.8. The van der Waals surface area contributed by atoms with Crippen LogP contribution in [0.2, 0.25) is 0 Å². The zero-order valence-electron chi connectivity index (χ0n) is 16.5. The minimum Gasteiger partial charge on any atom is -0.497 e. The summed E-state index contributed by atoms with van der Waals surface area (Å²) in [5.74, 6) is 0.953. The van der Waals surface area contributed by atoms with E-state index in [0.717, 1.165) is 50.3 Å². The van der Waals surface area contributed by atoms with Gasteiger partial charge in [-0.2, -0.15) is 0 Å². The van der Waals surface area contributed by atoms with E-state index in [2.05, 4.69) is 17.0 Å². The number of methoxy groups -OCH3 is 1. The third-order valence-electron chi connectivity index (χ3n) is 5.96. The van der Waals surface area contributed by atoms with Gasteiger partial charge in [0.1, 0.15) is 12.4 Å². The van der Waals surface area contributed by atoms with Crippen molar-refractivity contribution in [1.82, 2.24) is 4.90 Å². The Bertz CT molecular complexity index is 783. The molecule has 1 amide bonds. The van der Waals surface area contributed by atoms with Crippen molar-refractivity contribution < 1.29 is 14.3 Å². The van der Waals surface area contributed by atoms with Gasteiger partial charge in [0.05, 0.1) is 19.3 Å². The molecule has 2 aliphatic rings. The molecule has 0 N–H and O–H groups in total. The fraction of sp³-hybridized carbons (Fsp3) is 0.435. The van der Waals surface area contributed by atoms with E-state index in [1.165, 1.54) is 5.56 Å². The molecule has 0 bridgehead atoms. The maximum atomic E-state index is 12.4. The first-order valence-corrected chi connectivity index (χ1v) is 10.0. The number of likely N-dealkylation sites (tertiary alicyclic amines) is 1. The highest BCUT2D eigenvalue weighted by molar-refractivity contribution is 5.95. The molecular formula is C23H28N2O3. The zero-order valence-corrected chi connectivity index (χ0v) is 16.5. The van der Waals surface area contributed by atoms with Gasteiger partial charge in [0.2, 0.25) is 0 Å². The minimum atomic E-state index is -0.208. The molecular weight excluding hydrogens is 352 g/mol. The average molecular weight is 380 g/mol. The second-order valence-corrected chi connectivity index (χ2v) is 7.73. The number of rotatable bonds is 5. The number of anilines is 1. The lowest BCUT2D eigenvalue weighted by Gasteiger charge is -2.47. The van der Waals surface area contributed by atoms with Crippen LogP contribution in [0.3, 0.4) is 0 Å². The number of ether oxygens (including phenoxy) is 2. The first-order valence-electron chi connectivity index (χ1n) is 10.0. The quantitative estimate of drug-likeness (QED) is 0.799. The van der Waals surface area contributed by atoms with Gasteiger partial charge in [-0.15, -0.1) is 0 Å². The van der Waals surface area contributed by atoms with Crippen LogP contribution >= 0.6 is 0 Å². The number of carbonyl (C=O) groups is 1. The maximum Gasteiger partial charge on any atom is 0.253 e. The third kappa shape index (κ3) is 4.21. The van der Waals surface area contributed by atoms with Crippen molar-refractivity contribution in [3.8, 4) is 5.75 Å². The van der Waals surface area contributed by atoms with Crippen LogP contribution in [0.1, 0.15) is 18.4 Å². The zero-order chi connectivity index (χ0) is 19.4. The highest BCUT2D eigenvalue weighted by atomic mass is 16.5. The van der Waals surface area contributed by atoms with Crippen LogP contribution in [0.25, 0.3) is 0 Å². The van der Waals surface area contributed by atoms with Gasteiger partial charge in [0, 0.05) is 25.3 Å². The van der Waals surface area contributed by atoms with E-state index in [9.17, 15) is 4.79 Å². The van der Waals surface area contributed by atoms with Crippen LogP contribution < -0.4 is 9.64 Å². The molecule has 2 saturated heterocycles. The Morgan fingerprint density at radius 3 is 2.43 bits per heavy atom. The molecule has 28 heavy (non-hydrogen) atoms. The van der Waals surface area contributed by atoms with Crippen molar-refractivity contribution in [2.24, 2.45) is 0 Å². The van der Waals surface area contributed by atoms with E-state index in [4.69, 9.17) is 9.47 Å². The molecule has 0 atom stereocenters. The Morgan fingerprint density at radius 1 is 1.04 bits per heavy atom. The van der Waals surface area contributed by atoms with Crippen molar-refractivity contribution in [3.05, 3.63) is 60.2 Å². The largest absolute Gasteiger partial charge is 0.497 e. The highest BCUT2D eigenvalue weighted by Crippen LogP contribution is 2.32. The van der Waals surface area contributed by atoms with E-state index in [1.54, 1.807) is 7.11 Å². The third-order valence-corrected chi connectivity index (χ3v) is 5.96. The molecule has 2 fully saturated rings. The molecule has 2 aromatic rings. The van der Waals surface area contributed by atoms with Crippen LogP contribution in [0.4, 0.5) is 5.69 Å². The number of hydrogen-bond acceptors (Lipinski definition) is 4. The monoisotopic (exact) mass is 380 g/mol. The number of amides is 1. The number of benzene rings is 2. The molecule has 2 heterocycles. The first-order chi connectivity index (χ1) is 13.7. The van der Waals surface area contributed by atoms with E-state index >= 15 is 0 Å². The molecule has 0 radical (unpaired) electrons. The van der Waals surface area contributed by atoms with Gasteiger partial charge in [-0.25, -0.2) is 0 Å². The van der Waals surface area contributed by atoms with Gasteiger partial charge in [-0.05, 0) is 49.1 Å². The Balaban J connectivity index is 1.32. The van der Waals surface area contributed by atoms with Crippen LogP contribution in [0.15, 0.2) is 54.6 Å². The summed E-state index contributed by atoms with van der Waals surface area (Å²) in [6.45, 7) is 3.90. The van der Waals surface area contributed by atoms with Crippen molar-refractivity contribution in [1.29, 1.82) is 0 Å². The second kappa shape index (κ2) is 8.33. The van der Waals surface area contributed by atoms with Crippen LogP contribution in [0.5, 0.6) is 5.75 Å². The molecule has 2 aliphatic heterocycles. The summed E-state index contributed by atoms with van der Waals surface area (Å²) >= 11 is 0. The van der Waals surface area contributed by atoms with Crippen molar-refractivity contribution in [2.75, 3.05) is 44.8 Å². The summed E-state index contributed by atoms with van der Waals surface area (Å²) in [6.07, 6.45) is 2.96. The van der Waals surface area contributed by atoms with Crippen LogP contribution in [-0.4, -0.2) is 56.3 Å². The molecule has 0 aromatic heterocycles. The van der Waals surface area contributed by atoms with E-state index in [0.29, 0.717) is 6.54 Å². The predicted octanol–water partition coefficient (Wildman–Crippen LogP) is 3.14. The molecule has 2 aromatic carbocycles. The maximum absolute atomic E-state index is 12.4. The Hall–Kier alpha value is -2.37. The van der Waals surface area contributed by atoms with Gasteiger partial charge >= 0.3 is 0 Å². The number of carbonyl (C=O) groups excluding carboxylic acids is 1. The summed E-state index contributed by atoms with van der Waals surface area (Å²) in [5.41, 5.74) is 2.09. The van der Waals surface area contributed by atoms with Crippen LogP contribution in [-0.2, 0) is 16.0 Å². The summed E-state index contributed by atoms with van der Waals surface area (Å²) < 4.78 is 11.3. The smallest absolute Gasteiger partial charge is 0.253 e. The van der Waals surface area contributed by atoms with E-state index < -0.39 is 0 Å². The van der Waals surface area contributed by atoms with Crippen molar-refractivity contribution >= 4 is 11.6 Å². The van der Waals surface area contributed by atoms with Gasteiger partial charge in [0.25, 0.3) is 5.91 Å². The molecule has 1 spiro atoms. The van der Waals surface area contributed by atoms with Gasteiger partial charge < -0.3 is 19.3 Å². The first kappa shape index (κ1) is 19.0. The Kier molecular flexibility index (Phi) is 5.64. The van der Waals surface area contributed by atoms with Gasteiger partial charge in [-0.1, -0.05) is 30.3 Å². The Labute approximate surface area is 166 Å². The predicted molar refractivity (Wildman–Crippen MR) is 110 cm³/mol. The number of morpholine rings is 1. The molecule has 148 valence electrons. The Morgan fingerprint density at radius 2 is 1.75 bits per heavy atom. The topological polar surface area (TPSA) is 42.0 Å². The van der Waals surface area contributed by atoms with Gasteiger partial charge in [-0.3, -0.25) is 4.79 Å². The van der Waals surface area contributed by atoms with Crippen molar-refractivity contribution in [2.45, 2.75) is 24.9 Å². The molecule has 5 nitrogen and oxygen atoms in total. The average Bonchev–Trinajstić information content (AvgIpc) is 2.76.